The van der Waals surface area contributed by atoms with Crippen molar-refractivity contribution in [3.63, 3.8) is 0 Å². The van der Waals surface area contributed by atoms with Crippen molar-refractivity contribution in [2.45, 2.75) is 57.7 Å². The Balaban J connectivity index is 1.36. The number of para-hydroxylation sites is 3. The van der Waals surface area contributed by atoms with Crippen LogP contribution in [0, 0.1) is 0 Å². The van der Waals surface area contributed by atoms with Gasteiger partial charge in [0.05, 0.1) is 17.4 Å². The molecule has 0 bridgehead atoms. The van der Waals surface area contributed by atoms with Crippen molar-refractivity contribution in [1.29, 1.82) is 0 Å². The van der Waals surface area contributed by atoms with Crippen molar-refractivity contribution in [1.82, 2.24) is 14.5 Å². The fraction of sp³-hybridized carbons (Fsp3) is 0.417. The molecule has 3 aromatic rings. The van der Waals surface area contributed by atoms with Gasteiger partial charge in [0.2, 0.25) is 5.91 Å². The summed E-state index contributed by atoms with van der Waals surface area (Å²) in [5.74, 6) is 0.0375. The van der Waals surface area contributed by atoms with Crippen LogP contribution in [0.3, 0.4) is 0 Å². The average Bonchev–Trinajstić information content (AvgIpc) is 3.17. The van der Waals surface area contributed by atoms with Crippen molar-refractivity contribution in [2.75, 3.05) is 12.4 Å². The third-order valence-corrected chi connectivity index (χ3v) is 6.02. The molecule has 1 aliphatic rings. The fourth-order valence-electron chi connectivity index (χ4n) is 4.32. The van der Waals surface area contributed by atoms with E-state index in [2.05, 4.69) is 34.4 Å². The first-order valence-corrected chi connectivity index (χ1v) is 10.7. The van der Waals surface area contributed by atoms with Gasteiger partial charge in [-0.1, -0.05) is 49.6 Å². The van der Waals surface area contributed by atoms with Crippen molar-refractivity contribution in [3.8, 4) is 0 Å². The van der Waals surface area contributed by atoms with Gasteiger partial charge < -0.3 is 9.88 Å². The third-order valence-electron chi connectivity index (χ3n) is 6.02. The normalized spacial score (nSPS) is 15.1. The number of hydrogen-bond donors (Lipinski definition) is 1. The number of fused-ring (bicyclic) bond motifs is 1. The topological polar surface area (TPSA) is 50.2 Å². The molecule has 0 unspecified atom stereocenters. The SMILES string of the molecule is CN(Cc1ccccc1NC(=O)CCn1cnc2ccccc21)C1CCCCC1. The highest BCUT2D eigenvalue weighted by Gasteiger charge is 2.19. The Morgan fingerprint density at radius 2 is 1.86 bits per heavy atom. The number of aromatic nitrogens is 2. The van der Waals surface area contributed by atoms with Gasteiger partial charge in [0.25, 0.3) is 0 Å². The Labute approximate surface area is 172 Å². The van der Waals surface area contributed by atoms with Crippen molar-refractivity contribution in [3.05, 3.63) is 60.4 Å². The zero-order valence-electron chi connectivity index (χ0n) is 17.2. The van der Waals surface area contributed by atoms with E-state index in [0.29, 0.717) is 19.0 Å². The molecule has 29 heavy (non-hydrogen) atoms. The maximum absolute atomic E-state index is 12.6. The van der Waals surface area contributed by atoms with E-state index in [1.54, 1.807) is 0 Å². The average molecular weight is 391 g/mol. The van der Waals surface area contributed by atoms with Crippen LogP contribution in [0.5, 0.6) is 0 Å². The number of anilines is 1. The van der Waals surface area contributed by atoms with E-state index in [9.17, 15) is 4.79 Å². The van der Waals surface area contributed by atoms with Gasteiger partial charge in [0.1, 0.15) is 0 Å². The minimum atomic E-state index is 0.0375. The van der Waals surface area contributed by atoms with Gasteiger partial charge in [0.15, 0.2) is 0 Å². The van der Waals surface area contributed by atoms with Gasteiger partial charge in [-0.2, -0.15) is 0 Å². The van der Waals surface area contributed by atoms with Gasteiger partial charge in [-0.05, 0) is 43.7 Å². The lowest BCUT2D eigenvalue weighted by atomic mass is 9.94. The first-order chi connectivity index (χ1) is 14.2. The molecule has 1 N–H and O–H groups in total. The number of benzene rings is 2. The Bertz CT molecular complexity index is 958. The number of carbonyl (C=O) groups is 1. The van der Waals surface area contributed by atoms with Crippen LogP contribution in [0.15, 0.2) is 54.9 Å². The number of nitrogens with one attached hydrogen (secondary N) is 1. The van der Waals surface area contributed by atoms with Crippen molar-refractivity contribution >= 4 is 22.6 Å². The first-order valence-electron chi connectivity index (χ1n) is 10.7. The fourth-order valence-corrected chi connectivity index (χ4v) is 4.32. The maximum Gasteiger partial charge on any atom is 0.226 e. The Morgan fingerprint density at radius 1 is 1.10 bits per heavy atom. The van der Waals surface area contributed by atoms with Crippen LogP contribution < -0.4 is 5.32 Å². The summed E-state index contributed by atoms with van der Waals surface area (Å²) in [7, 11) is 2.21. The molecule has 2 aromatic carbocycles. The predicted molar refractivity (Wildman–Crippen MR) is 118 cm³/mol. The van der Waals surface area contributed by atoms with Crippen LogP contribution in [-0.2, 0) is 17.9 Å². The summed E-state index contributed by atoms with van der Waals surface area (Å²) in [6.45, 7) is 1.49. The summed E-state index contributed by atoms with van der Waals surface area (Å²) in [4.78, 5) is 19.5. The van der Waals surface area contributed by atoms with Crippen LogP contribution in [0.4, 0.5) is 5.69 Å². The molecule has 0 saturated heterocycles. The van der Waals surface area contributed by atoms with E-state index >= 15 is 0 Å². The Hall–Kier alpha value is -2.66. The summed E-state index contributed by atoms with van der Waals surface area (Å²) in [6, 6.07) is 16.8. The van der Waals surface area contributed by atoms with E-state index in [4.69, 9.17) is 0 Å². The molecule has 1 aliphatic carbocycles. The van der Waals surface area contributed by atoms with Crippen LogP contribution >= 0.6 is 0 Å². The lowest BCUT2D eigenvalue weighted by molar-refractivity contribution is -0.116. The molecule has 0 aliphatic heterocycles. The second-order valence-electron chi connectivity index (χ2n) is 8.09. The molecular weight excluding hydrogens is 360 g/mol. The number of aryl methyl sites for hydroxylation is 1. The van der Waals surface area contributed by atoms with E-state index in [1.807, 2.05) is 47.3 Å². The van der Waals surface area contributed by atoms with Crippen LogP contribution in [-0.4, -0.2) is 33.4 Å². The first kappa shape index (κ1) is 19.6. The zero-order valence-corrected chi connectivity index (χ0v) is 17.2. The minimum absolute atomic E-state index is 0.0375. The smallest absolute Gasteiger partial charge is 0.226 e. The largest absolute Gasteiger partial charge is 0.330 e. The van der Waals surface area contributed by atoms with E-state index < -0.39 is 0 Å². The van der Waals surface area contributed by atoms with E-state index in [-0.39, 0.29) is 5.91 Å². The van der Waals surface area contributed by atoms with E-state index in [0.717, 1.165) is 23.3 Å². The second kappa shape index (κ2) is 9.23. The molecular formula is C24H30N4O. The molecule has 5 nitrogen and oxygen atoms in total. The molecule has 1 fully saturated rings. The van der Waals surface area contributed by atoms with Gasteiger partial charge in [-0.3, -0.25) is 9.69 Å². The molecule has 1 saturated carbocycles. The monoisotopic (exact) mass is 390 g/mol. The summed E-state index contributed by atoms with van der Waals surface area (Å²) >= 11 is 0. The maximum atomic E-state index is 12.6. The van der Waals surface area contributed by atoms with Gasteiger partial charge >= 0.3 is 0 Å². The zero-order chi connectivity index (χ0) is 20.1. The molecule has 1 aromatic heterocycles. The molecule has 0 atom stereocenters. The molecule has 152 valence electrons. The highest BCUT2D eigenvalue weighted by molar-refractivity contribution is 5.91. The van der Waals surface area contributed by atoms with E-state index in [1.165, 1.54) is 37.7 Å². The minimum Gasteiger partial charge on any atom is -0.330 e. The number of hydrogen-bond acceptors (Lipinski definition) is 3. The highest BCUT2D eigenvalue weighted by atomic mass is 16.1. The molecule has 0 radical (unpaired) electrons. The Kier molecular flexibility index (Phi) is 6.25. The van der Waals surface area contributed by atoms with Gasteiger partial charge in [0, 0.05) is 31.2 Å². The molecule has 1 amide bonds. The van der Waals surface area contributed by atoms with Crippen LogP contribution in [0.1, 0.15) is 44.1 Å². The standard InChI is InChI=1S/C24H30N4O/c1-27(20-10-3-2-4-11-20)17-19-9-5-6-12-21(19)26-24(29)15-16-28-18-25-22-13-7-8-14-23(22)28/h5-9,12-14,18,20H,2-4,10-11,15-17H2,1H3,(H,26,29). The molecule has 5 heteroatoms. The predicted octanol–water partition coefficient (Wildman–Crippen LogP) is 4.83. The summed E-state index contributed by atoms with van der Waals surface area (Å²) in [5, 5.41) is 3.13. The van der Waals surface area contributed by atoms with Crippen LogP contribution in [0.2, 0.25) is 0 Å². The quantitative estimate of drug-likeness (QED) is 0.629. The molecule has 0 spiro atoms. The van der Waals surface area contributed by atoms with Crippen molar-refractivity contribution < 1.29 is 4.79 Å². The lowest BCUT2D eigenvalue weighted by Crippen LogP contribution is -2.33. The lowest BCUT2D eigenvalue weighted by Gasteiger charge is -2.31. The summed E-state index contributed by atoms with van der Waals surface area (Å²) in [5.41, 5.74) is 4.14. The van der Waals surface area contributed by atoms with Gasteiger partial charge in [-0.25, -0.2) is 4.98 Å². The second-order valence-corrected chi connectivity index (χ2v) is 8.09. The number of carbonyl (C=O) groups excluding carboxylic acids is 1. The third kappa shape index (κ3) is 4.85. The van der Waals surface area contributed by atoms with Crippen LogP contribution in [0.25, 0.3) is 11.0 Å². The van der Waals surface area contributed by atoms with Gasteiger partial charge in [-0.15, -0.1) is 0 Å². The number of amides is 1. The Morgan fingerprint density at radius 3 is 2.72 bits per heavy atom. The number of imidazole rings is 1. The summed E-state index contributed by atoms with van der Waals surface area (Å²) < 4.78 is 2.04. The van der Waals surface area contributed by atoms with Crippen molar-refractivity contribution in [2.24, 2.45) is 0 Å². The molecule has 1 heterocycles. The number of rotatable bonds is 7. The summed E-state index contributed by atoms with van der Waals surface area (Å²) in [6.07, 6.45) is 8.82. The highest BCUT2D eigenvalue weighted by Crippen LogP contribution is 2.25. The molecule has 4 rings (SSSR count). The number of nitrogens with zero attached hydrogens (tertiary/aromatic N) is 3.